The van der Waals surface area contributed by atoms with Crippen LogP contribution < -0.4 is 0 Å². The van der Waals surface area contributed by atoms with E-state index in [4.69, 9.17) is 16.3 Å². The van der Waals surface area contributed by atoms with E-state index in [0.29, 0.717) is 21.9 Å². The summed E-state index contributed by atoms with van der Waals surface area (Å²) in [7, 11) is 0. The van der Waals surface area contributed by atoms with Crippen LogP contribution in [-0.4, -0.2) is 30.8 Å². The minimum absolute atomic E-state index is 0.326. The molecule has 7 heteroatoms. The molecule has 0 saturated carbocycles. The van der Waals surface area contributed by atoms with Crippen LogP contribution in [-0.2, 0) is 4.74 Å². The molecule has 0 N–H and O–H groups in total. The lowest BCUT2D eigenvalue weighted by Gasteiger charge is -2.20. The van der Waals surface area contributed by atoms with Crippen LogP contribution >= 0.6 is 11.6 Å². The van der Waals surface area contributed by atoms with Gasteiger partial charge in [-0.1, -0.05) is 29.8 Å². The zero-order chi connectivity index (χ0) is 19.9. The Morgan fingerprint density at radius 3 is 2.54 bits per heavy atom. The highest BCUT2D eigenvalue weighted by molar-refractivity contribution is 6.35. The molecule has 4 rings (SSSR count). The molecule has 0 aliphatic heterocycles. The third-order valence-corrected chi connectivity index (χ3v) is 4.47. The molecule has 142 valence electrons. The predicted octanol–water partition coefficient (Wildman–Crippen LogP) is 5.33. The number of hydrogen-bond donors (Lipinski definition) is 0. The summed E-state index contributed by atoms with van der Waals surface area (Å²) in [5.74, 6) is 0. The summed E-state index contributed by atoms with van der Waals surface area (Å²) in [4.78, 5) is 21.2. The van der Waals surface area contributed by atoms with Gasteiger partial charge in [0.25, 0.3) is 0 Å². The highest BCUT2D eigenvalue weighted by atomic mass is 35.5. The third kappa shape index (κ3) is 3.27. The predicted molar refractivity (Wildman–Crippen MR) is 109 cm³/mol. The largest absolute Gasteiger partial charge is 0.443 e. The van der Waals surface area contributed by atoms with Gasteiger partial charge in [-0.05, 0) is 45.0 Å². The van der Waals surface area contributed by atoms with Gasteiger partial charge >= 0.3 is 6.09 Å². The first-order valence-electron chi connectivity index (χ1n) is 8.83. The number of carbonyl (C=O) groups is 1. The fourth-order valence-corrected chi connectivity index (χ4v) is 3.30. The van der Waals surface area contributed by atoms with Crippen molar-refractivity contribution in [2.24, 2.45) is 0 Å². The van der Waals surface area contributed by atoms with E-state index >= 15 is 0 Å². The Labute approximate surface area is 167 Å². The van der Waals surface area contributed by atoms with E-state index in [2.05, 4.69) is 9.97 Å². The van der Waals surface area contributed by atoms with Crippen molar-refractivity contribution < 1.29 is 9.53 Å². The molecule has 0 unspecified atom stereocenters. The van der Waals surface area contributed by atoms with Gasteiger partial charge in [-0.15, -0.1) is 0 Å². The van der Waals surface area contributed by atoms with Gasteiger partial charge in [0.15, 0.2) is 0 Å². The van der Waals surface area contributed by atoms with Crippen LogP contribution in [0.2, 0.25) is 5.15 Å². The molecular formula is C21H19ClN4O2. The zero-order valence-electron chi connectivity index (χ0n) is 15.8. The summed E-state index contributed by atoms with van der Waals surface area (Å²) in [5.41, 5.74) is 2.41. The Hall–Kier alpha value is -3.12. The van der Waals surface area contributed by atoms with Gasteiger partial charge in [0.05, 0.1) is 11.1 Å². The van der Waals surface area contributed by atoms with E-state index in [1.165, 1.54) is 10.9 Å². The number of fused-ring (bicyclic) bond motifs is 1. The molecule has 0 saturated heterocycles. The number of para-hydroxylation sites is 1. The third-order valence-electron chi connectivity index (χ3n) is 4.19. The molecule has 6 nitrogen and oxygen atoms in total. The number of benzene rings is 1. The van der Waals surface area contributed by atoms with Crippen LogP contribution in [0.1, 0.15) is 20.8 Å². The summed E-state index contributed by atoms with van der Waals surface area (Å²) >= 11 is 6.43. The monoisotopic (exact) mass is 394 g/mol. The Bertz CT molecular complexity index is 1160. The first kappa shape index (κ1) is 18.3. The molecular weight excluding hydrogens is 376 g/mol. The van der Waals surface area contributed by atoms with Crippen LogP contribution in [0.25, 0.3) is 28.0 Å². The first-order valence-corrected chi connectivity index (χ1v) is 9.21. The lowest BCUT2D eigenvalue weighted by molar-refractivity contribution is 0.0540. The van der Waals surface area contributed by atoms with E-state index in [-0.39, 0.29) is 0 Å². The average molecular weight is 395 g/mol. The second kappa shape index (κ2) is 6.80. The molecule has 0 spiro atoms. The van der Waals surface area contributed by atoms with Crippen molar-refractivity contribution in [2.45, 2.75) is 26.4 Å². The molecule has 28 heavy (non-hydrogen) atoms. The lowest BCUT2D eigenvalue weighted by Crippen LogP contribution is -2.27. The molecule has 0 fully saturated rings. The smallest absolute Gasteiger partial charge is 0.418 e. The number of halogens is 1. The number of aromatic nitrogens is 4. The summed E-state index contributed by atoms with van der Waals surface area (Å²) in [5, 5.41) is 1.00. The van der Waals surface area contributed by atoms with Crippen molar-refractivity contribution in [3.8, 4) is 16.9 Å². The highest BCUT2D eigenvalue weighted by Crippen LogP contribution is 2.35. The van der Waals surface area contributed by atoms with Crippen molar-refractivity contribution >= 4 is 28.7 Å². The van der Waals surface area contributed by atoms with E-state index in [1.54, 1.807) is 12.3 Å². The first-order chi connectivity index (χ1) is 13.3. The van der Waals surface area contributed by atoms with Gasteiger partial charge < -0.3 is 9.30 Å². The zero-order valence-corrected chi connectivity index (χ0v) is 16.5. The molecule has 3 heterocycles. The van der Waals surface area contributed by atoms with Crippen LogP contribution in [0.4, 0.5) is 4.79 Å². The molecule has 0 aliphatic rings. The maximum atomic E-state index is 12.7. The Morgan fingerprint density at radius 2 is 1.82 bits per heavy atom. The standard InChI is InChI=1S/C21H19ClN4O2/c1-21(2,3)28-20(27)25-11-7-10-16(25)15-12-26(14-8-5-4-6-9-14)19-17(15)18(22)23-13-24-19/h4-13H,1-3H3. The van der Waals surface area contributed by atoms with Crippen LogP contribution in [0.15, 0.2) is 61.2 Å². The van der Waals surface area contributed by atoms with Gasteiger partial charge in [0.2, 0.25) is 0 Å². The van der Waals surface area contributed by atoms with Crippen molar-refractivity contribution in [1.82, 2.24) is 19.1 Å². The highest BCUT2D eigenvalue weighted by Gasteiger charge is 2.23. The minimum atomic E-state index is -0.600. The SMILES string of the molecule is CC(C)(C)OC(=O)n1cccc1-c1cn(-c2ccccc2)c2ncnc(Cl)c12. The van der Waals surface area contributed by atoms with Crippen LogP contribution in [0.3, 0.4) is 0 Å². The van der Waals surface area contributed by atoms with Crippen molar-refractivity contribution in [3.63, 3.8) is 0 Å². The van der Waals surface area contributed by atoms with Crippen LogP contribution in [0, 0.1) is 0 Å². The molecule has 0 radical (unpaired) electrons. The normalized spacial score (nSPS) is 11.7. The van der Waals surface area contributed by atoms with E-state index in [1.807, 2.05) is 67.9 Å². The molecule has 0 aliphatic carbocycles. The van der Waals surface area contributed by atoms with Crippen molar-refractivity contribution in [2.75, 3.05) is 0 Å². The van der Waals surface area contributed by atoms with E-state index in [0.717, 1.165) is 11.3 Å². The quantitative estimate of drug-likeness (QED) is 0.431. The van der Waals surface area contributed by atoms with E-state index < -0.39 is 11.7 Å². The van der Waals surface area contributed by atoms with Crippen molar-refractivity contribution in [3.05, 3.63) is 66.3 Å². The number of ether oxygens (including phenoxy) is 1. The second-order valence-corrected chi connectivity index (χ2v) is 7.71. The number of carbonyl (C=O) groups excluding carboxylic acids is 1. The fraction of sp³-hybridized carbons (Fsp3) is 0.190. The fourth-order valence-electron chi connectivity index (χ4n) is 3.07. The van der Waals surface area contributed by atoms with Gasteiger partial charge in [-0.25, -0.2) is 14.8 Å². The van der Waals surface area contributed by atoms with Gasteiger partial charge in [0, 0.05) is 23.6 Å². The number of rotatable bonds is 2. The number of hydrogen-bond acceptors (Lipinski definition) is 4. The van der Waals surface area contributed by atoms with Gasteiger partial charge in [0.1, 0.15) is 22.7 Å². The minimum Gasteiger partial charge on any atom is -0.443 e. The molecule has 3 aromatic heterocycles. The molecule has 4 aromatic rings. The maximum Gasteiger partial charge on any atom is 0.418 e. The topological polar surface area (TPSA) is 61.9 Å². The Kier molecular flexibility index (Phi) is 4.43. The van der Waals surface area contributed by atoms with Crippen molar-refractivity contribution in [1.29, 1.82) is 0 Å². The summed E-state index contributed by atoms with van der Waals surface area (Å²) in [6, 6.07) is 13.4. The maximum absolute atomic E-state index is 12.7. The lowest BCUT2D eigenvalue weighted by atomic mass is 10.2. The second-order valence-electron chi connectivity index (χ2n) is 7.36. The molecule has 0 amide bonds. The average Bonchev–Trinajstić information content (AvgIpc) is 3.26. The molecule has 0 atom stereocenters. The van der Waals surface area contributed by atoms with Gasteiger partial charge in [-0.3, -0.25) is 4.57 Å². The Morgan fingerprint density at radius 1 is 1.07 bits per heavy atom. The summed E-state index contributed by atoms with van der Waals surface area (Å²) < 4.78 is 8.94. The number of nitrogens with zero attached hydrogens (tertiary/aromatic N) is 4. The van der Waals surface area contributed by atoms with Gasteiger partial charge in [-0.2, -0.15) is 0 Å². The van der Waals surface area contributed by atoms with Crippen LogP contribution in [0.5, 0.6) is 0 Å². The molecule has 0 bridgehead atoms. The molecule has 1 aromatic carbocycles. The van der Waals surface area contributed by atoms with E-state index in [9.17, 15) is 4.79 Å². The Balaban J connectivity index is 1.92. The summed E-state index contributed by atoms with van der Waals surface area (Å²) in [6.07, 6.45) is 4.56. The summed E-state index contributed by atoms with van der Waals surface area (Å²) in [6.45, 7) is 5.50.